The Morgan fingerprint density at radius 1 is 0.960 bits per heavy atom. The SMILES string of the molecule is Cc1ccc2c(N=Nc3c(O)[nH]c4ccc(Cl)cc34)cc(C)nc2n1. The van der Waals surface area contributed by atoms with Gasteiger partial charge in [0.05, 0.1) is 11.2 Å². The molecule has 25 heavy (non-hydrogen) atoms. The molecule has 0 aliphatic rings. The Bertz CT molecular complexity index is 1140. The number of aromatic amines is 1. The van der Waals surface area contributed by atoms with E-state index in [1.165, 1.54) is 0 Å². The van der Waals surface area contributed by atoms with E-state index in [4.69, 9.17) is 11.6 Å². The summed E-state index contributed by atoms with van der Waals surface area (Å²) < 4.78 is 0. The zero-order valence-electron chi connectivity index (χ0n) is 13.6. The Labute approximate surface area is 148 Å². The van der Waals surface area contributed by atoms with Gasteiger partial charge in [0.2, 0.25) is 5.88 Å². The molecule has 0 aliphatic heterocycles. The number of rotatable bonds is 2. The fourth-order valence-corrected chi connectivity index (χ4v) is 2.90. The van der Waals surface area contributed by atoms with E-state index in [0.717, 1.165) is 22.3 Å². The predicted molar refractivity (Wildman–Crippen MR) is 98.2 cm³/mol. The number of benzene rings is 1. The summed E-state index contributed by atoms with van der Waals surface area (Å²) in [6.45, 7) is 3.80. The van der Waals surface area contributed by atoms with Crippen molar-refractivity contribution in [2.24, 2.45) is 10.2 Å². The first-order valence-electron chi connectivity index (χ1n) is 7.68. The molecule has 0 unspecified atom stereocenters. The van der Waals surface area contributed by atoms with Gasteiger partial charge in [0, 0.05) is 27.2 Å². The summed E-state index contributed by atoms with van der Waals surface area (Å²) in [5.41, 5.74) is 4.04. The van der Waals surface area contributed by atoms with E-state index in [0.29, 0.717) is 27.4 Å². The molecule has 6 nitrogen and oxygen atoms in total. The molecule has 7 heteroatoms. The largest absolute Gasteiger partial charge is 0.493 e. The maximum atomic E-state index is 10.1. The highest BCUT2D eigenvalue weighted by molar-refractivity contribution is 6.31. The van der Waals surface area contributed by atoms with Crippen LogP contribution in [0.25, 0.3) is 21.9 Å². The Morgan fingerprint density at radius 2 is 1.76 bits per heavy atom. The van der Waals surface area contributed by atoms with E-state index < -0.39 is 0 Å². The molecule has 0 atom stereocenters. The van der Waals surface area contributed by atoms with Crippen molar-refractivity contribution in [2.45, 2.75) is 13.8 Å². The van der Waals surface area contributed by atoms with Gasteiger partial charge in [0.1, 0.15) is 0 Å². The first kappa shape index (κ1) is 15.5. The lowest BCUT2D eigenvalue weighted by Gasteiger charge is -2.03. The molecule has 2 N–H and O–H groups in total. The number of pyridine rings is 2. The number of halogens is 1. The number of nitrogens with one attached hydrogen (secondary N) is 1. The zero-order valence-corrected chi connectivity index (χ0v) is 14.3. The van der Waals surface area contributed by atoms with Crippen molar-refractivity contribution in [2.75, 3.05) is 0 Å². The Hall–Kier alpha value is -2.99. The second kappa shape index (κ2) is 5.82. The monoisotopic (exact) mass is 351 g/mol. The van der Waals surface area contributed by atoms with Crippen molar-refractivity contribution in [3.05, 3.63) is 52.8 Å². The van der Waals surface area contributed by atoms with Gasteiger partial charge in [-0.25, -0.2) is 9.97 Å². The van der Waals surface area contributed by atoms with Crippen LogP contribution in [0, 0.1) is 13.8 Å². The number of hydrogen-bond acceptors (Lipinski definition) is 5. The lowest BCUT2D eigenvalue weighted by molar-refractivity contribution is 0.459. The molecular formula is C18H14ClN5O. The summed E-state index contributed by atoms with van der Waals surface area (Å²) >= 11 is 6.05. The molecule has 4 aromatic rings. The van der Waals surface area contributed by atoms with Gasteiger partial charge in [-0.3, -0.25) is 0 Å². The second-order valence-electron chi connectivity index (χ2n) is 5.82. The Kier molecular flexibility index (Phi) is 3.62. The van der Waals surface area contributed by atoms with Crippen molar-refractivity contribution < 1.29 is 5.11 Å². The highest BCUT2D eigenvalue weighted by atomic mass is 35.5. The topological polar surface area (TPSA) is 86.5 Å². The number of aryl methyl sites for hydroxylation is 2. The number of hydrogen-bond donors (Lipinski definition) is 2. The van der Waals surface area contributed by atoms with Gasteiger partial charge in [-0.05, 0) is 50.2 Å². The van der Waals surface area contributed by atoms with Crippen LogP contribution in [-0.4, -0.2) is 20.1 Å². The third-order valence-electron chi connectivity index (χ3n) is 3.89. The van der Waals surface area contributed by atoms with Crippen LogP contribution in [0.3, 0.4) is 0 Å². The van der Waals surface area contributed by atoms with Crippen molar-refractivity contribution in [3.63, 3.8) is 0 Å². The molecule has 0 saturated heterocycles. The van der Waals surface area contributed by atoms with Gasteiger partial charge in [0.15, 0.2) is 11.3 Å². The van der Waals surface area contributed by atoms with Gasteiger partial charge in [-0.1, -0.05) is 11.6 Å². The zero-order chi connectivity index (χ0) is 17.6. The highest BCUT2D eigenvalue weighted by Gasteiger charge is 2.11. The predicted octanol–water partition coefficient (Wildman–Crippen LogP) is 5.50. The molecule has 0 radical (unpaired) electrons. The van der Waals surface area contributed by atoms with E-state index >= 15 is 0 Å². The Balaban J connectivity index is 1.87. The van der Waals surface area contributed by atoms with Crippen LogP contribution in [0.1, 0.15) is 11.4 Å². The summed E-state index contributed by atoms with van der Waals surface area (Å²) in [5, 5.41) is 20.8. The fourth-order valence-electron chi connectivity index (χ4n) is 2.73. The van der Waals surface area contributed by atoms with E-state index in [2.05, 4.69) is 25.2 Å². The molecule has 3 aromatic heterocycles. The van der Waals surface area contributed by atoms with Crippen molar-refractivity contribution >= 4 is 44.9 Å². The normalized spacial score (nSPS) is 11.8. The minimum absolute atomic E-state index is 0.0509. The number of aromatic hydroxyl groups is 1. The molecule has 0 amide bonds. The molecule has 0 spiro atoms. The lowest BCUT2D eigenvalue weighted by Crippen LogP contribution is -1.89. The molecule has 124 valence electrons. The average molecular weight is 352 g/mol. The van der Waals surface area contributed by atoms with E-state index in [9.17, 15) is 5.11 Å². The standard InChI is InChI=1S/C18H14ClN5O/c1-9-3-5-12-15(7-10(2)21-17(12)20-9)23-24-16-13-8-11(19)4-6-14(13)22-18(16)25/h3-8,22,25H,1-2H3. The fraction of sp³-hybridized carbons (Fsp3) is 0.111. The second-order valence-corrected chi connectivity index (χ2v) is 6.26. The maximum absolute atomic E-state index is 10.1. The maximum Gasteiger partial charge on any atom is 0.218 e. The third-order valence-corrected chi connectivity index (χ3v) is 4.13. The summed E-state index contributed by atoms with van der Waals surface area (Å²) in [6, 6.07) is 10.9. The molecular weight excluding hydrogens is 338 g/mol. The number of aromatic nitrogens is 3. The first-order valence-corrected chi connectivity index (χ1v) is 8.06. The number of fused-ring (bicyclic) bond motifs is 2. The van der Waals surface area contributed by atoms with Crippen molar-refractivity contribution in [3.8, 4) is 5.88 Å². The minimum Gasteiger partial charge on any atom is -0.493 e. The average Bonchev–Trinajstić information content (AvgIpc) is 2.86. The van der Waals surface area contributed by atoms with Crippen LogP contribution in [-0.2, 0) is 0 Å². The number of H-pyrrole nitrogens is 1. The van der Waals surface area contributed by atoms with Crippen LogP contribution < -0.4 is 0 Å². The number of nitrogens with zero attached hydrogens (tertiary/aromatic N) is 4. The quantitative estimate of drug-likeness (QED) is 0.467. The number of azo groups is 1. The van der Waals surface area contributed by atoms with Crippen LogP contribution >= 0.6 is 11.6 Å². The van der Waals surface area contributed by atoms with Gasteiger partial charge in [-0.15, -0.1) is 10.2 Å². The summed E-state index contributed by atoms with van der Waals surface area (Å²) in [7, 11) is 0. The van der Waals surface area contributed by atoms with Crippen molar-refractivity contribution in [1.82, 2.24) is 15.0 Å². The molecule has 0 aliphatic carbocycles. The van der Waals surface area contributed by atoms with Crippen LogP contribution in [0.4, 0.5) is 11.4 Å². The lowest BCUT2D eigenvalue weighted by atomic mass is 10.2. The van der Waals surface area contributed by atoms with Crippen LogP contribution in [0.2, 0.25) is 5.02 Å². The summed E-state index contributed by atoms with van der Waals surface area (Å²) in [5.74, 6) is -0.0509. The summed E-state index contributed by atoms with van der Waals surface area (Å²) in [4.78, 5) is 11.7. The van der Waals surface area contributed by atoms with Gasteiger partial charge in [-0.2, -0.15) is 0 Å². The molecule has 1 aromatic carbocycles. The minimum atomic E-state index is -0.0509. The smallest absolute Gasteiger partial charge is 0.218 e. The van der Waals surface area contributed by atoms with E-state index in [1.807, 2.05) is 32.0 Å². The van der Waals surface area contributed by atoms with Gasteiger partial charge < -0.3 is 10.1 Å². The molecule has 0 fully saturated rings. The van der Waals surface area contributed by atoms with Crippen molar-refractivity contribution in [1.29, 1.82) is 0 Å². The van der Waals surface area contributed by atoms with Crippen LogP contribution in [0.15, 0.2) is 46.6 Å². The Morgan fingerprint density at radius 3 is 2.60 bits per heavy atom. The molecule has 4 rings (SSSR count). The van der Waals surface area contributed by atoms with Gasteiger partial charge in [0.25, 0.3) is 0 Å². The first-order chi connectivity index (χ1) is 12.0. The molecule has 3 heterocycles. The highest BCUT2D eigenvalue weighted by Crippen LogP contribution is 2.38. The molecule has 0 saturated carbocycles. The third kappa shape index (κ3) is 2.81. The molecule has 0 bridgehead atoms. The van der Waals surface area contributed by atoms with Gasteiger partial charge >= 0.3 is 0 Å². The van der Waals surface area contributed by atoms with Crippen LogP contribution in [0.5, 0.6) is 5.88 Å². The summed E-state index contributed by atoms with van der Waals surface area (Å²) in [6.07, 6.45) is 0. The van der Waals surface area contributed by atoms with E-state index in [-0.39, 0.29) is 5.88 Å². The van der Waals surface area contributed by atoms with E-state index in [1.54, 1.807) is 18.2 Å².